The number of carbonyl (C=O) groups is 1. The summed E-state index contributed by atoms with van der Waals surface area (Å²) < 4.78 is 19.2. The third kappa shape index (κ3) is 4.92. The van der Waals surface area contributed by atoms with Gasteiger partial charge in [0.15, 0.2) is 11.6 Å². The summed E-state index contributed by atoms with van der Waals surface area (Å²) in [6, 6.07) is 4.95. The van der Waals surface area contributed by atoms with Gasteiger partial charge in [0.25, 0.3) is 0 Å². The average molecular weight is 338 g/mol. The van der Waals surface area contributed by atoms with E-state index < -0.39 is 5.60 Å². The minimum Gasteiger partial charge on any atom is -0.491 e. The van der Waals surface area contributed by atoms with Gasteiger partial charge in [-0.1, -0.05) is 6.07 Å². The molecule has 6 heteroatoms. The topological polar surface area (TPSA) is 53.0 Å². The highest BCUT2D eigenvalue weighted by molar-refractivity contribution is 5.76. The molecule has 1 fully saturated rings. The molecule has 1 saturated heterocycles. The number of carbonyl (C=O) groups excluding carboxylic acids is 1. The fraction of sp³-hybridized carbons (Fsp3) is 0.611. The number of halogens is 1. The van der Waals surface area contributed by atoms with Crippen molar-refractivity contribution < 1.29 is 19.0 Å². The van der Waals surface area contributed by atoms with Crippen molar-refractivity contribution in [2.45, 2.75) is 38.3 Å². The van der Waals surface area contributed by atoms with Crippen LogP contribution in [0.25, 0.3) is 0 Å². The first-order valence-corrected chi connectivity index (χ1v) is 8.39. The SMILES string of the molecule is CCOc1ccc(CN2CCCC(O)(CC(=O)N(C)C)C2)cc1F. The fourth-order valence-electron chi connectivity index (χ4n) is 3.10. The van der Waals surface area contributed by atoms with Crippen molar-refractivity contribution in [3.05, 3.63) is 29.6 Å². The van der Waals surface area contributed by atoms with E-state index in [1.54, 1.807) is 20.2 Å². The van der Waals surface area contributed by atoms with Gasteiger partial charge in [-0.2, -0.15) is 0 Å². The third-order valence-electron chi connectivity index (χ3n) is 4.32. The van der Waals surface area contributed by atoms with E-state index in [1.807, 2.05) is 13.0 Å². The highest BCUT2D eigenvalue weighted by atomic mass is 19.1. The molecule has 0 spiro atoms. The first-order chi connectivity index (χ1) is 11.3. The molecule has 134 valence electrons. The number of hydrogen-bond acceptors (Lipinski definition) is 4. The van der Waals surface area contributed by atoms with Gasteiger partial charge in [-0.05, 0) is 44.0 Å². The molecule has 0 aromatic heterocycles. The molecule has 1 aromatic rings. The first kappa shape index (κ1) is 18.7. The van der Waals surface area contributed by atoms with Gasteiger partial charge < -0.3 is 14.7 Å². The van der Waals surface area contributed by atoms with E-state index in [-0.39, 0.29) is 23.9 Å². The van der Waals surface area contributed by atoms with Gasteiger partial charge in [-0.25, -0.2) is 4.39 Å². The second kappa shape index (κ2) is 7.94. The molecule has 2 rings (SSSR count). The monoisotopic (exact) mass is 338 g/mol. The predicted octanol–water partition coefficient (Wildman–Crippen LogP) is 2.03. The summed E-state index contributed by atoms with van der Waals surface area (Å²) in [5, 5.41) is 10.7. The number of amides is 1. The molecule has 5 nitrogen and oxygen atoms in total. The van der Waals surface area contributed by atoms with Gasteiger partial charge >= 0.3 is 0 Å². The van der Waals surface area contributed by atoms with Crippen LogP contribution in [-0.2, 0) is 11.3 Å². The molecule has 1 aliphatic heterocycles. The molecule has 1 aliphatic rings. The van der Waals surface area contributed by atoms with E-state index in [0.717, 1.165) is 18.5 Å². The number of rotatable bonds is 6. The molecule has 1 aromatic carbocycles. The lowest BCUT2D eigenvalue weighted by molar-refractivity contribution is -0.136. The Hall–Kier alpha value is -1.66. The van der Waals surface area contributed by atoms with Crippen molar-refractivity contribution in [1.29, 1.82) is 0 Å². The molecular weight excluding hydrogens is 311 g/mol. The lowest BCUT2D eigenvalue weighted by Gasteiger charge is -2.39. The minimum absolute atomic E-state index is 0.0774. The quantitative estimate of drug-likeness (QED) is 0.862. The molecule has 24 heavy (non-hydrogen) atoms. The van der Waals surface area contributed by atoms with Crippen LogP contribution in [0, 0.1) is 5.82 Å². The number of likely N-dealkylation sites (tertiary alicyclic amines) is 1. The van der Waals surface area contributed by atoms with Crippen LogP contribution in [0.1, 0.15) is 31.7 Å². The maximum absolute atomic E-state index is 14.0. The van der Waals surface area contributed by atoms with Crippen LogP contribution in [-0.4, -0.2) is 60.2 Å². The Kier molecular flexibility index (Phi) is 6.18. The normalized spacial score (nSPS) is 21.5. The van der Waals surface area contributed by atoms with E-state index in [2.05, 4.69) is 4.90 Å². The van der Waals surface area contributed by atoms with E-state index in [0.29, 0.717) is 26.1 Å². The highest BCUT2D eigenvalue weighted by Gasteiger charge is 2.35. The molecular formula is C18H27FN2O3. The van der Waals surface area contributed by atoms with Crippen LogP contribution < -0.4 is 4.74 Å². The number of ether oxygens (including phenoxy) is 1. The zero-order valence-electron chi connectivity index (χ0n) is 14.7. The van der Waals surface area contributed by atoms with Gasteiger partial charge in [-0.3, -0.25) is 9.69 Å². The zero-order valence-corrected chi connectivity index (χ0v) is 14.7. The highest BCUT2D eigenvalue weighted by Crippen LogP contribution is 2.27. The largest absolute Gasteiger partial charge is 0.491 e. The fourth-order valence-corrected chi connectivity index (χ4v) is 3.10. The molecule has 0 saturated carbocycles. The maximum atomic E-state index is 14.0. The Morgan fingerprint density at radius 3 is 2.83 bits per heavy atom. The molecule has 0 radical (unpaired) electrons. The lowest BCUT2D eigenvalue weighted by atomic mass is 9.89. The first-order valence-electron chi connectivity index (χ1n) is 8.39. The van der Waals surface area contributed by atoms with Gasteiger partial charge in [0.05, 0.1) is 18.6 Å². The standard InChI is InChI=1S/C18H27FN2O3/c1-4-24-16-7-6-14(10-15(16)19)12-21-9-5-8-18(23,13-21)11-17(22)20(2)3/h6-7,10,23H,4-5,8-9,11-13H2,1-3H3. The van der Waals surface area contributed by atoms with Crippen LogP contribution in [0.15, 0.2) is 18.2 Å². The second-order valence-electron chi connectivity index (χ2n) is 6.70. The summed E-state index contributed by atoms with van der Waals surface area (Å²) in [4.78, 5) is 15.5. The van der Waals surface area contributed by atoms with Gasteiger partial charge in [0, 0.05) is 27.2 Å². The molecule has 0 bridgehead atoms. The van der Waals surface area contributed by atoms with Gasteiger partial charge in [0.2, 0.25) is 5.91 Å². The van der Waals surface area contributed by atoms with Crippen molar-refractivity contribution in [3.63, 3.8) is 0 Å². The van der Waals surface area contributed by atoms with Gasteiger partial charge in [0.1, 0.15) is 0 Å². The lowest BCUT2D eigenvalue weighted by Crippen LogP contribution is -2.50. The summed E-state index contributed by atoms with van der Waals surface area (Å²) >= 11 is 0. The van der Waals surface area contributed by atoms with Gasteiger partial charge in [-0.15, -0.1) is 0 Å². The molecule has 1 heterocycles. The summed E-state index contributed by atoms with van der Waals surface area (Å²) in [5.41, 5.74) is -0.178. The summed E-state index contributed by atoms with van der Waals surface area (Å²) in [7, 11) is 3.38. The third-order valence-corrected chi connectivity index (χ3v) is 4.32. The Balaban J connectivity index is 2.00. The number of hydrogen-bond donors (Lipinski definition) is 1. The number of piperidine rings is 1. The second-order valence-corrected chi connectivity index (χ2v) is 6.70. The molecule has 1 unspecified atom stereocenters. The molecule has 1 atom stereocenters. The Morgan fingerprint density at radius 2 is 2.21 bits per heavy atom. The van der Waals surface area contributed by atoms with Crippen molar-refractivity contribution >= 4 is 5.91 Å². The van der Waals surface area contributed by atoms with Crippen LogP contribution in [0.4, 0.5) is 4.39 Å². The Morgan fingerprint density at radius 1 is 1.46 bits per heavy atom. The van der Waals surface area contributed by atoms with Crippen molar-refractivity contribution in [3.8, 4) is 5.75 Å². The van der Waals surface area contributed by atoms with Crippen molar-refractivity contribution in [1.82, 2.24) is 9.80 Å². The number of β-amino-alcohol motifs (C(OH)–C–C–N with tert-alkyl or cyclic N) is 1. The van der Waals surface area contributed by atoms with E-state index in [1.165, 1.54) is 11.0 Å². The smallest absolute Gasteiger partial charge is 0.224 e. The number of nitrogens with zero attached hydrogens (tertiary/aromatic N) is 2. The van der Waals surface area contributed by atoms with Crippen LogP contribution in [0.2, 0.25) is 0 Å². The van der Waals surface area contributed by atoms with Crippen LogP contribution >= 0.6 is 0 Å². The molecule has 1 amide bonds. The van der Waals surface area contributed by atoms with Crippen LogP contribution in [0.3, 0.4) is 0 Å². The Labute approximate surface area is 143 Å². The number of benzene rings is 1. The average Bonchev–Trinajstić information content (AvgIpc) is 2.49. The molecule has 0 aliphatic carbocycles. The van der Waals surface area contributed by atoms with E-state index in [9.17, 15) is 14.3 Å². The molecule has 1 N–H and O–H groups in total. The van der Waals surface area contributed by atoms with E-state index in [4.69, 9.17) is 4.74 Å². The minimum atomic E-state index is -1.01. The predicted molar refractivity (Wildman–Crippen MR) is 90.3 cm³/mol. The summed E-state index contributed by atoms with van der Waals surface area (Å²) in [6.07, 6.45) is 1.55. The zero-order chi connectivity index (χ0) is 17.7. The maximum Gasteiger partial charge on any atom is 0.224 e. The summed E-state index contributed by atoms with van der Waals surface area (Å²) in [6.45, 7) is 4.03. The van der Waals surface area contributed by atoms with Crippen molar-refractivity contribution in [2.75, 3.05) is 33.8 Å². The van der Waals surface area contributed by atoms with Crippen molar-refractivity contribution in [2.24, 2.45) is 0 Å². The van der Waals surface area contributed by atoms with Crippen LogP contribution in [0.5, 0.6) is 5.75 Å². The Bertz CT molecular complexity index is 579. The summed E-state index contributed by atoms with van der Waals surface area (Å²) in [5.74, 6) is -0.191. The van der Waals surface area contributed by atoms with E-state index >= 15 is 0 Å². The number of aliphatic hydroxyl groups is 1.